The molecule has 1 aromatic carbocycles. The fourth-order valence-electron chi connectivity index (χ4n) is 3.07. The van der Waals surface area contributed by atoms with E-state index in [1.165, 1.54) is 18.4 Å². The molecule has 128 valence electrons. The van der Waals surface area contributed by atoms with Crippen LogP contribution in [0, 0.1) is 5.92 Å². The highest BCUT2D eigenvalue weighted by Gasteiger charge is 2.20. The zero-order valence-corrected chi connectivity index (χ0v) is 14.9. The zero-order chi connectivity index (χ0) is 16.9. The Bertz CT molecular complexity index is 635. The molecule has 0 aliphatic carbocycles. The number of aromatic nitrogens is 3. The summed E-state index contributed by atoms with van der Waals surface area (Å²) < 4.78 is 0. The number of rotatable bonds is 5. The molecule has 0 N–H and O–H groups in total. The molecule has 0 bridgehead atoms. The van der Waals surface area contributed by atoms with Gasteiger partial charge in [0, 0.05) is 25.7 Å². The van der Waals surface area contributed by atoms with E-state index in [1.807, 2.05) is 6.07 Å². The van der Waals surface area contributed by atoms with E-state index in [4.69, 9.17) is 4.98 Å². The van der Waals surface area contributed by atoms with Crippen LogP contribution in [0.5, 0.6) is 0 Å². The Morgan fingerprint density at radius 2 is 1.88 bits per heavy atom. The second-order valence-electron chi connectivity index (χ2n) is 6.99. The SMILES string of the molecule is CC1CCN(c2nncc(N(Cc3ccccc3)C(C)C)n2)CC1. The third-order valence-electron chi connectivity index (χ3n) is 4.71. The highest BCUT2D eigenvalue weighted by Crippen LogP contribution is 2.22. The molecule has 1 aliphatic heterocycles. The van der Waals surface area contributed by atoms with Crippen LogP contribution in [0.1, 0.15) is 39.2 Å². The van der Waals surface area contributed by atoms with Gasteiger partial charge in [0.1, 0.15) is 0 Å². The fraction of sp³-hybridized carbons (Fsp3) is 0.526. The fourth-order valence-corrected chi connectivity index (χ4v) is 3.07. The van der Waals surface area contributed by atoms with Crippen molar-refractivity contribution in [1.29, 1.82) is 0 Å². The van der Waals surface area contributed by atoms with Crippen molar-refractivity contribution >= 4 is 11.8 Å². The number of hydrogen-bond acceptors (Lipinski definition) is 5. The summed E-state index contributed by atoms with van der Waals surface area (Å²) in [6.45, 7) is 9.56. The van der Waals surface area contributed by atoms with E-state index in [-0.39, 0.29) is 0 Å². The van der Waals surface area contributed by atoms with Crippen LogP contribution >= 0.6 is 0 Å². The lowest BCUT2D eigenvalue weighted by molar-refractivity contribution is 0.433. The van der Waals surface area contributed by atoms with Crippen LogP contribution in [0.15, 0.2) is 36.5 Å². The lowest BCUT2D eigenvalue weighted by atomic mass is 10.00. The summed E-state index contributed by atoms with van der Waals surface area (Å²) in [5.41, 5.74) is 1.28. The van der Waals surface area contributed by atoms with E-state index < -0.39 is 0 Å². The molecule has 3 rings (SSSR count). The lowest BCUT2D eigenvalue weighted by Gasteiger charge is -2.31. The van der Waals surface area contributed by atoms with E-state index in [2.05, 4.69) is 65.0 Å². The molecule has 1 aliphatic rings. The molecule has 0 saturated carbocycles. The van der Waals surface area contributed by atoms with E-state index in [0.717, 1.165) is 37.3 Å². The van der Waals surface area contributed by atoms with Gasteiger partial charge in [0.05, 0.1) is 6.20 Å². The lowest BCUT2D eigenvalue weighted by Crippen LogP contribution is -2.35. The average molecular weight is 325 g/mol. The smallest absolute Gasteiger partial charge is 0.247 e. The van der Waals surface area contributed by atoms with Gasteiger partial charge in [-0.2, -0.15) is 10.1 Å². The molecule has 1 aromatic heterocycles. The highest BCUT2D eigenvalue weighted by molar-refractivity contribution is 5.43. The second-order valence-corrected chi connectivity index (χ2v) is 6.99. The van der Waals surface area contributed by atoms with Gasteiger partial charge in [-0.05, 0) is 38.2 Å². The normalized spacial score (nSPS) is 15.8. The summed E-state index contributed by atoms with van der Waals surface area (Å²) in [7, 11) is 0. The molecule has 5 nitrogen and oxygen atoms in total. The summed E-state index contributed by atoms with van der Waals surface area (Å²) in [4.78, 5) is 9.36. The first-order valence-electron chi connectivity index (χ1n) is 8.88. The van der Waals surface area contributed by atoms with Crippen LogP contribution in [0.4, 0.5) is 11.8 Å². The molecule has 1 fully saturated rings. The third-order valence-corrected chi connectivity index (χ3v) is 4.71. The van der Waals surface area contributed by atoms with E-state index in [9.17, 15) is 0 Å². The molecule has 0 atom stereocenters. The van der Waals surface area contributed by atoms with Crippen molar-refractivity contribution < 1.29 is 0 Å². The van der Waals surface area contributed by atoms with Crippen molar-refractivity contribution in [3.8, 4) is 0 Å². The predicted octanol–water partition coefficient (Wildman–Crippen LogP) is 3.52. The van der Waals surface area contributed by atoms with Crippen molar-refractivity contribution in [3.05, 3.63) is 42.1 Å². The van der Waals surface area contributed by atoms with E-state index in [1.54, 1.807) is 6.20 Å². The van der Waals surface area contributed by atoms with Gasteiger partial charge in [-0.1, -0.05) is 37.3 Å². The summed E-state index contributed by atoms with van der Waals surface area (Å²) in [6.07, 6.45) is 4.18. The van der Waals surface area contributed by atoms with E-state index in [0.29, 0.717) is 6.04 Å². The van der Waals surface area contributed by atoms with Gasteiger partial charge in [0.15, 0.2) is 5.82 Å². The molecule has 0 unspecified atom stereocenters. The maximum Gasteiger partial charge on any atom is 0.247 e. The standard InChI is InChI=1S/C19H27N5/c1-15(2)24(14-17-7-5-4-6-8-17)18-13-20-22-19(21-18)23-11-9-16(3)10-12-23/h4-8,13,15-16H,9-12,14H2,1-3H3. The molecule has 24 heavy (non-hydrogen) atoms. The van der Waals surface area contributed by atoms with Gasteiger partial charge in [-0.3, -0.25) is 0 Å². The molecule has 0 radical (unpaired) electrons. The molecule has 2 heterocycles. The van der Waals surface area contributed by atoms with Crippen molar-refractivity contribution in [1.82, 2.24) is 15.2 Å². The molecule has 2 aromatic rings. The van der Waals surface area contributed by atoms with Gasteiger partial charge < -0.3 is 9.80 Å². The quantitative estimate of drug-likeness (QED) is 0.841. The third kappa shape index (κ3) is 4.02. The Labute approximate surface area is 144 Å². The average Bonchev–Trinajstić information content (AvgIpc) is 2.61. The Kier molecular flexibility index (Phi) is 5.28. The van der Waals surface area contributed by atoms with Crippen molar-refractivity contribution in [2.75, 3.05) is 22.9 Å². The van der Waals surface area contributed by atoms with Gasteiger partial charge in [0.25, 0.3) is 0 Å². The minimum atomic E-state index is 0.344. The Balaban J connectivity index is 1.79. The highest BCUT2D eigenvalue weighted by atomic mass is 15.4. The van der Waals surface area contributed by atoms with Crippen LogP contribution in [0.3, 0.4) is 0 Å². The Morgan fingerprint density at radius 3 is 2.54 bits per heavy atom. The van der Waals surface area contributed by atoms with Gasteiger partial charge >= 0.3 is 0 Å². The Morgan fingerprint density at radius 1 is 1.17 bits per heavy atom. The number of nitrogens with zero attached hydrogens (tertiary/aromatic N) is 5. The number of piperidine rings is 1. The second kappa shape index (κ2) is 7.60. The summed E-state index contributed by atoms with van der Waals surface area (Å²) in [6, 6.07) is 10.8. The first-order chi connectivity index (χ1) is 11.6. The molecular weight excluding hydrogens is 298 g/mol. The van der Waals surface area contributed by atoms with Gasteiger partial charge in [-0.15, -0.1) is 5.10 Å². The van der Waals surface area contributed by atoms with Crippen molar-refractivity contribution in [3.63, 3.8) is 0 Å². The van der Waals surface area contributed by atoms with E-state index >= 15 is 0 Å². The maximum absolute atomic E-state index is 4.82. The van der Waals surface area contributed by atoms with Crippen molar-refractivity contribution in [2.45, 2.75) is 46.2 Å². The summed E-state index contributed by atoms with van der Waals surface area (Å²) in [5, 5.41) is 8.50. The molecule has 1 saturated heterocycles. The predicted molar refractivity (Wildman–Crippen MR) is 98.2 cm³/mol. The first-order valence-corrected chi connectivity index (χ1v) is 8.88. The van der Waals surface area contributed by atoms with Gasteiger partial charge in [-0.25, -0.2) is 0 Å². The summed E-state index contributed by atoms with van der Waals surface area (Å²) >= 11 is 0. The molecule has 0 amide bonds. The monoisotopic (exact) mass is 325 g/mol. The first kappa shape index (κ1) is 16.7. The van der Waals surface area contributed by atoms with Crippen LogP contribution < -0.4 is 9.80 Å². The van der Waals surface area contributed by atoms with Crippen LogP contribution in [0.2, 0.25) is 0 Å². The topological polar surface area (TPSA) is 45.2 Å². The number of benzene rings is 1. The van der Waals surface area contributed by atoms with Crippen molar-refractivity contribution in [2.24, 2.45) is 5.92 Å². The molecular formula is C19H27N5. The van der Waals surface area contributed by atoms with Gasteiger partial charge in [0.2, 0.25) is 5.95 Å². The molecule has 0 spiro atoms. The molecule has 5 heteroatoms. The summed E-state index contributed by atoms with van der Waals surface area (Å²) in [5.74, 6) is 2.46. The Hall–Kier alpha value is -2.17. The van der Waals surface area contributed by atoms with Crippen LogP contribution in [-0.4, -0.2) is 34.3 Å². The van der Waals surface area contributed by atoms with Crippen LogP contribution in [0.25, 0.3) is 0 Å². The zero-order valence-electron chi connectivity index (χ0n) is 14.9. The minimum Gasteiger partial charge on any atom is -0.348 e. The number of hydrogen-bond donors (Lipinski definition) is 0. The maximum atomic E-state index is 4.82. The van der Waals surface area contributed by atoms with Crippen LogP contribution in [-0.2, 0) is 6.54 Å². The number of anilines is 2. The minimum absolute atomic E-state index is 0.344. The largest absolute Gasteiger partial charge is 0.348 e.